The second-order valence-electron chi connectivity index (χ2n) is 8.00. The van der Waals surface area contributed by atoms with Crippen LogP contribution >= 0.6 is 0 Å². The van der Waals surface area contributed by atoms with Gasteiger partial charge in [0.25, 0.3) is 5.91 Å². The lowest BCUT2D eigenvalue weighted by atomic mass is 9.97. The van der Waals surface area contributed by atoms with Gasteiger partial charge >= 0.3 is 0 Å². The van der Waals surface area contributed by atoms with Crippen LogP contribution in [0, 0.1) is 0 Å². The van der Waals surface area contributed by atoms with Crippen LogP contribution in [0.25, 0.3) is 22.3 Å². The van der Waals surface area contributed by atoms with Crippen molar-refractivity contribution in [1.82, 2.24) is 19.8 Å². The molecule has 6 heteroatoms. The summed E-state index contributed by atoms with van der Waals surface area (Å²) in [5, 5.41) is 0.861. The minimum Gasteiger partial charge on any atom is -0.339 e. The number of carbonyl (C=O) groups excluding carboxylic acids is 2. The van der Waals surface area contributed by atoms with Crippen molar-refractivity contribution in [1.29, 1.82) is 0 Å². The lowest BCUT2D eigenvalue weighted by Gasteiger charge is -2.34. The summed E-state index contributed by atoms with van der Waals surface area (Å²) < 4.78 is 0. The van der Waals surface area contributed by atoms with Crippen LogP contribution in [0.1, 0.15) is 42.6 Å². The first-order chi connectivity index (χ1) is 14.4. The van der Waals surface area contributed by atoms with Crippen LogP contribution in [-0.4, -0.2) is 57.8 Å². The molecule has 1 aliphatic rings. The molecule has 30 heavy (non-hydrogen) atoms. The average molecular weight is 402 g/mol. The number of nitrogens with zero attached hydrogens (tertiary/aromatic N) is 4. The highest BCUT2D eigenvalue weighted by molar-refractivity contribution is 6.07. The quantitative estimate of drug-likeness (QED) is 0.670. The summed E-state index contributed by atoms with van der Waals surface area (Å²) in [4.78, 5) is 38.0. The molecule has 6 nitrogen and oxygen atoms in total. The van der Waals surface area contributed by atoms with E-state index in [9.17, 15) is 9.59 Å². The van der Waals surface area contributed by atoms with Gasteiger partial charge < -0.3 is 9.80 Å². The van der Waals surface area contributed by atoms with Gasteiger partial charge in [-0.1, -0.05) is 26.0 Å². The first-order valence-corrected chi connectivity index (χ1v) is 10.3. The normalized spacial score (nSPS) is 14.4. The van der Waals surface area contributed by atoms with Crippen molar-refractivity contribution >= 4 is 22.7 Å². The molecule has 0 bridgehead atoms. The van der Waals surface area contributed by atoms with Gasteiger partial charge in [-0.3, -0.25) is 14.6 Å². The highest BCUT2D eigenvalue weighted by Crippen LogP contribution is 2.28. The van der Waals surface area contributed by atoms with Gasteiger partial charge in [0.15, 0.2) is 0 Å². The smallest absolute Gasteiger partial charge is 0.254 e. The zero-order valence-corrected chi connectivity index (χ0v) is 17.6. The van der Waals surface area contributed by atoms with Crippen LogP contribution in [0.4, 0.5) is 0 Å². The van der Waals surface area contributed by atoms with E-state index in [1.54, 1.807) is 18.0 Å². The van der Waals surface area contributed by atoms with Crippen molar-refractivity contribution in [3.8, 4) is 11.4 Å². The van der Waals surface area contributed by atoms with Crippen LogP contribution in [0.5, 0.6) is 0 Å². The number of hydrogen-bond acceptors (Lipinski definition) is 4. The SMILES string of the molecule is CC(=O)N1CCN(C(=O)c2cc(-c3ccccn3)nc3ccc(C(C)C)cc23)CC1. The van der Waals surface area contributed by atoms with E-state index < -0.39 is 0 Å². The molecular weight excluding hydrogens is 376 g/mol. The first kappa shape index (κ1) is 20.0. The topological polar surface area (TPSA) is 66.4 Å². The molecule has 154 valence electrons. The molecule has 0 saturated carbocycles. The van der Waals surface area contributed by atoms with Crippen LogP contribution in [0.2, 0.25) is 0 Å². The van der Waals surface area contributed by atoms with Crippen LogP contribution in [0.15, 0.2) is 48.7 Å². The predicted octanol–water partition coefficient (Wildman–Crippen LogP) is 3.72. The number of benzene rings is 1. The zero-order valence-electron chi connectivity index (χ0n) is 17.6. The van der Waals surface area contributed by atoms with E-state index in [0.29, 0.717) is 43.4 Å². The van der Waals surface area contributed by atoms with E-state index >= 15 is 0 Å². The molecule has 3 heterocycles. The van der Waals surface area contributed by atoms with E-state index in [2.05, 4.69) is 31.0 Å². The van der Waals surface area contributed by atoms with E-state index in [1.807, 2.05) is 35.2 Å². The molecule has 1 aliphatic heterocycles. The molecular formula is C24H26N4O2. The number of carbonyl (C=O) groups is 2. The number of rotatable bonds is 3. The number of fused-ring (bicyclic) bond motifs is 1. The fourth-order valence-electron chi connectivity index (χ4n) is 3.82. The monoisotopic (exact) mass is 402 g/mol. The van der Waals surface area contributed by atoms with Gasteiger partial charge in [0.05, 0.1) is 22.5 Å². The van der Waals surface area contributed by atoms with Crippen molar-refractivity contribution < 1.29 is 9.59 Å². The molecule has 0 unspecified atom stereocenters. The Labute approximate surface area is 176 Å². The fourth-order valence-corrected chi connectivity index (χ4v) is 3.82. The van der Waals surface area contributed by atoms with E-state index in [4.69, 9.17) is 4.98 Å². The summed E-state index contributed by atoms with van der Waals surface area (Å²) in [7, 11) is 0. The Morgan fingerprint density at radius 1 is 0.933 bits per heavy atom. The Bertz CT molecular complexity index is 1090. The Balaban J connectivity index is 1.78. The second-order valence-corrected chi connectivity index (χ2v) is 8.00. The van der Waals surface area contributed by atoms with E-state index in [1.165, 1.54) is 5.56 Å². The van der Waals surface area contributed by atoms with Crippen LogP contribution in [-0.2, 0) is 4.79 Å². The Kier molecular flexibility index (Phi) is 5.48. The number of amides is 2. The third-order valence-electron chi connectivity index (χ3n) is 5.67. The fraction of sp³-hybridized carbons (Fsp3) is 0.333. The van der Waals surface area contributed by atoms with Gasteiger partial charge in [-0.2, -0.15) is 0 Å². The summed E-state index contributed by atoms with van der Waals surface area (Å²) in [5.41, 5.74) is 4.02. The Morgan fingerprint density at radius 3 is 2.30 bits per heavy atom. The standard InChI is InChI=1S/C24H26N4O2/c1-16(2)18-7-8-21-19(14-18)20(15-23(26-21)22-6-4-5-9-25-22)24(30)28-12-10-27(11-13-28)17(3)29/h4-9,14-16H,10-13H2,1-3H3. The van der Waals surface area contributed by atoms with Gasteiger partial charge in [-0.05, 0) is 41.8 Å². The van der Waals surface area contributed by atoms with E-state index in [0.717, 1.165) is 16.6 Å². The molecule has 0 atom stereocenters. The number of hydrogen-bond donors (Lipinski definition) is 0. The molecule has 0 spiro atoms. The predicted molar refractivity (Wildman–Crippen MR) is 117 cm³/mol. The summed E-state index contributed by atoms with van der Waals surface area (Å²) >= 11 is 0. The summed E-state index contributed by atoms with van der Waals surface area (Å²) in [5.74, 6) is 0.381. The largest absolute Gasteiger partial charge is 0.339 e. The molecule has 0 radical (unpaired) electrons. The molecule has 1 aromatic carbocycles. The third kappa shape index (κ3) is 3.90. The number of aromatic nitrogens is 2. The van der Waals surface area contributed by atoms with E-state index in [-0.39, 0.29) is 11.8 Å². The lowest BCUT2D eigenvalue weighted by Crippen LogP contribution is -2.50. The van der Waals surface area contributed by atoms with Crippen LogP contribution in [0.3, 0.4) is 0 Å². The average Bonchev–Trinajstić information content (AvgIpc) is 2.78. The molecule has 2 amide bonds. The Morgan fingerprint density at radius 2 is 1.67 bits per heavy atom. The molecule has 1 saturated heterocycles. The van der Waals surface area contributed by atoms with Crippen molar-refractivity contribution in [2.75, 3.05) is 26.2 Å². The molecule has 4 rings (SSSR count). The maximum Gasteiger partial charge on any atom is 0.254 e. The second kappa shape index (κ2) is 8.22. The number of pyridine rings is 2. The zero-order chi connectivity index (χ0) is 21.3. The van der Waals surface area contributed by atoms with Gasteiger partial charge in [0, 0.05) is 44.7 Å². The third-order valence-corrected chi connectivity index (χ3v) is 5.67. The minimum atomic E-state index is -0.0244. The summed E-state index contributed by atoms with van der Waals surface area (Å²) in [6, 6.07) is 13.7. The minimum absolute atomic E-state index is 0.0244. The number of piperazine rings is 1. The van der Waals surface area contributed by atoms with Crippen molar-refractivity contribution in [3.63, 3.8) is 0 Å². The summed E-state index contributed by atoms with van der Waals surface area (Å²) in [6.45, 7) is 8.04. The van der Waals surface area contributed by atoms with Gasteiger partial charge in [-0.15, -0.1) is 0 Å². The van der Waals surface area contributed by atoms with Gasteiger partial charge in [0.1, 0.15) is 0 Å². The van der Waals surface area contributed by atoms with Crippen molar-refractivity contribution in [3.05, 3.63) is 59.8 Å². The van der Waals surface area contributed by atoms with Crippen molar-refractivity contribution in [2.24, 2.45) is 0 Å². The molecule has 2 aromatic heterocycles. The molecule has 3 aromatic rings. The molecule has 1 fully saturated rings. The molecule has 0 N–H and O–H groups in total. The summed E-state index contributed by atoms with van der Waals surface area (Å²) in [6.07, 6.45) is 1.73. The van der Waals surface area contributed by atoms with Gasteiger partial charge in [0.2, 0.25) is 5.91 Å². The lowest BCUT2D eigenvalue weighted by molar-refractivity contribution is -0.130. The van der Waals surface area contributed by atoms with Gasteiger partial charge in [-0.25, -0.2) is 4.98 Å². The van der Waals surface area contributed by atoms with Crippen LogP contribution < -0.4 is 0 Å². The highest BCUT2D eigenvalue weighted by atomic mass is 16.2. The maximum absolute atomic E-state index is 13.5. The van der Waals surface area contributed by atoms with Crippen molar-refractivity contribution in [2.45, 2.75) is 26.7 Å². The Hall–Kier alpha value is -3.28. The first-order valence-electron chi connectivity index (χ1n) is 10.3. The highest BCUT2D eigenvalue weighted by Gasteiger charge is 2.25. The maximum atomic E-state index is 13.5. The molecule has 0 aliphatic carbocycles.